The largest absolute Gasteiger partial charge is 0.273 e. The SMILES string of the molecule is CCCCCC(=O)NN=C(C)c1cccc([N+](=O)[O-])c1. The van der Waals surface area contributed by atoms with Crippen LogP contribution in [-0.4, -0.2) is 16.5 Å². The van der Waals surface area contributed by atoms with Crippen molar-refractivity contribution in [2.75, 3.05) is 0 Å². The molecule has 1 amide bonds. The number of carbonyl (C=O) groups excluding carboxylic acids is 1. The minimum atomic E-state index is -0.458. The van der Waals surface area contributed by atoms with Gasteiger partial charge >= 0.3 is 0 Å². The van der Waals surface area contributed by atoms with E-state index in [4.69, 9.17) is 0 Å². The molecule has 0 bridgehead atoms. The second-order valence-corrected chi connectivity index (χ2v) is 4.50. The van der Waals surface area contributed by atoms with Crippen LogP contribution in [-0.2, 0) is 4.79 Å². The van der Waals surface area contributed by atoms with Gasteiger partial charge in [-0.15, -0.1) is 0 Å². The van der Waals surface area contributed by atoms with Gasteiger partial charge in [0.05, 0.1) is 10.6 Å². The van der Waals surface area contributed by atoms with E-state index in [9.17, 15) is 14.9 Å². The Kier molecular flexibility index (Phi) is 6.36. The highest BCUT2D eigenvalue weighted by molar-refractivity contribution is 5.99. The molecule has 108 valence electrons. The number of hydrogen-bond acceptors (Lipinski definition) is 4. The van der Waals surface area contributed by atoms with Crippen molar-refractivity contribution in [1.29, 1.82) is 0 Å². The first-order valence-electron chi connectivity index (χ1n) is 6.62. The molecular weight excluding hydrogens is 258 g/mol. The number of nitro benzene ring substituents is 1. The maximum atomic E-state index is 11.5. The molecule has 0 fully saturated rings. The number of hydrogen-bond donors (Lipinski definition) is 1. The van der Waals surface area contributed by atoms with Crippen molar-refractivity contribution in [2.24, 2.45) is 5.10 Å². The summed E-state index contributed by atoms with van der Waals surface area (Å²) in [7, 11) is 0. The molecule has 0 unspecified atom stereocenters. The molecule has 0 heterocycles. The highest BCUT2D eigenvalue weighted by Crippen LogP contribution is 2.13. The van der Waals surface area contributed by atoms with Crippen LogP contribution >= 0.6 is 0 Å². The average molecular weight is 277 g/mol. The van der Waals surface area contributed by atoms with Gasteiger partial charge in [-0.3, -0.25) is 14.9 Å². The molecule has 6 nitrogen and oxygen atoms in total. The zero-order chi connectivity index (χ0) is 15.0. The van der Waals surface area contributed by atoms with E-state index in [2.05, 4.69) is 17.5 Å². The number of hydrazone groups is 1. The highest BCUT2D eigenvalue weighted by atomic mass is 16.6. The minimum absolute atomic E-state index is 0.00585. The van der Waals surface area contributed by atoms with E-state index in [1.807, 2.05) is 0 Å². The van der Waals surface area contributed by atoms with E-state index >= 15 is 0 Å². The van der Waals surface area contributed by atoms with Crippen LogP contribution in [0.25, 0.3) is 0 Å². The van der Waals surface area contributed by atoms with E-state index in [0.717, 1.165) is 19.3 Å². The van der Waals surface area contributed by atoms with Crippen LogP contribution in [0.4, 0.5) is 5.69 Å². The Bertz CT molecular complexity index is 512. The van der Waals surface area contributed by atoms with Crippen molar-refractivity contribution < 1.29 is 9.72 Å². The number of non-ortho nitro benzene ring substituents is 1. The third kappa shape index (κ3) is 5.17. The number of amides is 1. The van der Waals surface area contributed by atoms with Crippen molar-refractivity contribution in [2.45, 2.75) is 39.5 Å². The second-order valence-electron chi connectivity index (χ2n) is 4.50. The predicted molar refractivity (Wildman–Crippen MR) is 77.6 cm³/mol. The first kappa shape index (κ1) is 15.8. The number of nitrogens with one attached hydrogen (secondary N) is 1. The van der Waals surface area contributed by atoms with Gasteiger partial charge in [0.15, 0.2) is 0 Å². The molecule has 0 aliphatic heterocycles. The molecular formula is C14H19N3O3. The number of rotatable bonds is 7. The quantitative estimate of drug-likeness (QED) is 0.360. The molecule has 0 aromatic heterocycles. The van der Waals surface area contributed by atoms with Crippen LogP contribution < -0.4 is 5.43 Å². The molecule has 1 N–H and O–H groups in total. The summed E-state index contributed by atoms with van der Waals surface area (Å²) in [6.07, 6.45) is 3.36. The van der Waals surface area contributed by atoms with Crippen molar-refractivity contribution in [3.05, 3.63) is 39.9 Å². The summed E-state index contributed by atoms with van der Waals surface area (Å²) in [6.45, 7) is 3.77. The maximum absolute atomic E-state index is 11.5. The number of nitrogens with zero attached hydrogens (tertiary/aromatic N) is 2. The lowest BCUT2D eigenvalue weighted by Crippen LogP contribution is -2.18. The summed E-state index contributed by atoms with van der Waals surface area (Å²) in [4.78, 5) is 21.7. The fourth-order valence-electron chi connectivity index (χ4n) is 1.65. The van der Waals surface area contributed by atoms with E-state index in [1.165, 1.54) is 12.1 Å². The number of carbonyl (C=O) groups is 1. The second kappa shape index (κ2) is 8.04. The third-order valence-electron chi connectivity index (χ3n) is 2.83. The summed E-state index contributed by atoms with van der Waals surface area (Å²) in [6, 6.07) is 6.16. The standard InChI is InChI=1S/C14H19N3O3/c1-3-4-5-9-14(18)16-15-11(2)12-7-6-8-13(10-12)17(19)20/h6-8,10H,3-5,9H2,1-2H3,(H,16,18). The molecule has 1 rings (SSSR count). The molecule has 6 heteroatoms. The molecule has 0 saturated heterocycles. The molecule has 0 aliphatic rings. The molecule has 0 radical (unpaired) electrons. The van der Waals surface area contributed by atoms with Crippen LogP contribution in [0.1, 0.15) is 45.1 Å². The zero-order valence-corrected chi connectivity index (χ0v) is 11.8. The van der Waals surface area contributed by atoms with Gasteiger partial charge < -0.3 is 0 Å². The van der Waals surface area contributed by atoms with E-state index < -0.39 is 4.92 Å². The third-order valence-corrected chi connectivity index (χ3v) is 2.83. The monoisotopic (exact) mass is 277 g/mol. The van der Waals surface area contributed by atoms with Crippen LogP contribution in [0.2, 0.25) is 0 Å². The summed E-state index contributed by atoms with van der Waals surface area (Å²) >= 11 is 0. The lowest BCUT2D eigenvalue weighted by Gasteiger charge is -2.03. The lowest BCUT2D eigenvalue weighted by molar-refractivity contribution is -0.384. The molecule has 1 aromatic carbocycles. The Hall–Kier alpha value is -2.24. The van der Waals surface area contributed by atoms with Gasteiger partial charge in [-0.2, -0.15) is 5.10 Å². The van der Waals surface area contributed by atoms with Crippen LogP contribution in [0, 0.1) is 10.1 Å². The van der Waals surface area contributed by atoms with Gasteiger partial charge in [-0.25, -0.2) is 5.43 Å². The minimum Gasteiger partial charge on any atom is -0.273 e. The molecule has 0 atom stereocenters. The normalized spacial score (nSPS) is 11.2. The van der Waals surface area contributed by atoms with Crippen LogP contribution in [0.3, 0.4) is 0 Å². The smallest absolute Gasteiger partial charge is 0.270 e. The van der Waals surface area contributed by atoms with Gasteiger partial charge in [0.1, 0.15) is 0 Å². The van der Waals surface area contributed by atoms with Gasteiger partial charge in [0.25, 0.3) is 5.69 Å². The van der Waals surface area contributed by atoms with Crippen molar-refractivity contribution in [3.63, 3.8) is 0 Å². The Labute approximate surface area is 118 Å². The number of unbranched alkanes of at least 4 members (excludes halogenated alkanes) is 2. The van der Waals surface area contributed by atoms with Gasteiger partial charge in [-0.1, -0.05) is 31.9 Å². The van der Waals surface area contributed by atoms with Crippen LogP contribution in [0.15, 0.2) is 29.4 Å². The van der Waals surface area contributed by atoms with E-state index in [-0.39, 0.29) is 11.6 Å². The number of nitro groups is 1. The van der Waals surface area contributed by atoms with Crippen molar-refractivity contribution in [3.8, 4) is 0 Å². The summed E-state index contributed by atoms with van der Waals surface area (Å²) in [5.41, 5.74) is 3.63. The fourth-order valence-corrected chi connectivity index (χ4v) is 1.65. The predicted octanol–water partition coefficient (Wildman–Crippen LogP) is 3.02. The van der Waals surface area contributed by atoms with E-state index in [0.29, 0.717) is 17.7 Å². The molecule has 1 aromatic rings. The number of benzene rings is 1. The Morgan fingerprint density at radius 3 is 2.80 bits per heavy atom. The van der Waals surface area contributed by atoms with E-state index in [1.54, 1.807) is 19.1 Å². The topological polar surface area (TPSA) is 84.6 Å². The molecule has 20 heavy (non-hydrogen) atoms. The maximum Gasteiger partial charge on any atom is 0.270 e. The summed E-state index contributed by atoms with van der Waals surface area (Å²) < 4.78 is 0. The Morgan fingerprint density at radius 2 is 2.15 bits per heavy atom. The lowest BCUT2D eigenvalue weighted by atomic mass is 10.1. The molecule has 0 aliphatic carbocycles. The highest BCUT2D eigenvalue weighted by Gasteiger charge is 2.07. The molecule has 0 saturated carbocycles. The first-order chi connectivity index (χ1) is 9.54. The fraction of sp³-hybridized carbons (Fsp3) is 0.429. The summed E-state index contributed by atoms with van der Waals surface area (Å²) in [5.74, 6) is -0.136. The first-order valence-corrected chi connectivity index (χ1v) is 6.62. The van der Waals surface area contributed by atoms with Crippen LogP contribution in [0.5, 0.6) is 0 Å². The average Bonchev–Trinajstić information content (AvgIpc) is 2.45. The Balaban J connectivity index is 2.62. The summed E-state index contributed by atoms with van der Waals surface area (Å²) in [5, 5.41) is 14.7. The Morgan fingerprint density at radius 1 is 1.40 bits per heavy atom. The zero-order valence-electron chi connectivity index (χ0n) is 11.8. The molecule has 0 spiro atoms. The van der Waals surface area contributed by atoms with Gasteiger partial charge in [-0.05, 0) is 13.3 Å². The van der Waals surface area contributed by atoms with Crippen molar-refractivity contribution >= 4 is 17.3 Å². The van der Waals surface area contributed by atoms with Crippen molar-refractivity contribution in [1.82, 2.24) is 5.43 Å². The van der Waals surface area contributed by atoms with Gasteiger partial charge in [0, 0.05) is 24.1 Å². The van der Waals surface area contributed by atoms with Gasteiger partial charge in [0.2, 0.25) is 5.91 Å².